The van der Waals surface area contributed by atoms with Gasteiger partial charge < -0.3 is 10.4 Å². The van der Waals surface area contributed by atoms with Gasteiger partial charge in [-0.05, 0) is 19.4 Å². The second-order valence-electron chi connectivity index (χ2n) is 3.28. The van der Waals surface area contributed by atoms with E-state index in [-0.39, 0.29) is 22.9 Å². The topological polar surface area (TPSA) is 71.3 Å². The Labute approximate surface area is 87.4 Å². The first-order valence-electron chi connectivity index (χ1n) is 4.66. The van der Waals surface area contributed by atoms with Crippen LogP contribution in [0.25, 0.3) is 0 Å². The minimum absolute atomic E-state index is 0.152. The lowest BCUT2D eigenvalue weighted by molar-refractivity contribution is 0.0951. The highest BCUT2D eigenvalue weighted by molar-refractivity contribution is 5.97. The number of aryl methyl sites for hydroxylation is 1. The molecule has 0 aliphatic carbocycles. The summed E-state index contributed by atoms with van der Waals surface area (Å²) in [7, 11) is 1.42. The minimum atomic E-state index is -0.372. The van der Waals surface area contributed by atoms with E-state index in [0.29, 0.717) is 12.1 Å². The number of aromatic hydroxyl groups is 1. The quantitative estimate of drug-likeness (QED) is 0.729. The zero-order valence-corrected chi connectivity index (χ0v) is 9.00. The summed E-state index contributed by atoms with van der Waals surface area (Å²) >= 11 is 0. The van der Waals surface area contributed by atoms with Crippen LogP contribution >= 0.6 is 0 Å². The van der Waals surface area contributed by atoms with E-state index in [1.54, 1.807) is 13.8 Å². The molecule has 1 aromatic heterocycles. The van der Waals surface area contributed by atoms with Crippen LogP contribution in [0.1, 0.15) is 22.8 Å². The number of rotatable bonds is 2. The molecule has 0 atom stereocenters. The molecule has 0 spiro atoms. The van der Waals surface area contributed by atoms with Crippen molar-refractivity contribution in [3.05, 3.63) is 27.5 Å². The first kappa shape index (κ1) is 11.3. The second kappa shape index (κ2) is 4.16. The molecule has 2 N–H and O–H groups in total. The fourth-order valence-corrected chi connectivity index (χ4v) is 1.33. The Hall–Kier alpha value is -1.78. The molecule has 0 saturated carbocycles. The second-order valence-corrected chi connectivity index (χ2v) is 3.28. The van der Waals surface area contributed by atoms with Crippen LogP contribution in [0, 0.1) is 6.92 Å². The van der Waals surface area contributed by atoms with E-state index in [1.807, 2.05) is 0 Å². The van der Waals surface area contributed by atoms with E-state index in [2.05, 4.69) is 5.32 Å². The van der Waals surface area contributed by atoms with Gasteiger partial charge in [0, 0.05) is 19.7 Å². The third kappa shape index (κ3) is 2.01. The van der Waals surface area contributed by atoms with Crippen molar-refractivity contribution in [1.82, 2.24) is 9.88 Å². The van der Waals surface area contributed by atoms with Crippen LogP contribution in [-0.4, -0.2) is 22.1 Å². The van der Waals surface area contributed by atoms with Gasteiger partial charge in [0.05, 0.1) is 0 Å². The lowest BCUT2D eigenvalue weighted by Gasteiger charge is -2.10. The number of amides is 1. The molecule has 1 rings (SSSR count). The number of pyridine rings is 1. The molecule has 1 amide bonds. The van der Waals surface area contributed by atoms with Gasteiger partial charge in [-0.2, -0.15) is 0 Å². The molecule has 0 radical (unpaired) electrons. The van der Waals surface area contributed by atoms with E-state index >= 15 is 0 Å². The molecular formula is C10H14N2O3. The summed E-state index contributed by atoms with van der Waals surface area (Å²) in [4.78, 5) is 22.8. The number of hydrogen-bond donors (Lipinski definition) is 2. The number of aromatic nitrogens is 1. The molecule has 0 aromatic carbocycles. The number of hydrogen-bond acceptors (Lipinski definition) is 3. The highest BCUT2D eigenvalue weighted by Crippen LogP contribution is 2.17. The van der Waals surface area contributed by atoms with Gasteiger partial charge >= 0.3 is 0 Å². The van der Waals surface area contributed by atoms with Gasteiger partial charge in [-0.25, -0.2) is 0 Å². The maximum Gasteiger partial charge on any atom is 0.256 e. The molecule has 0 saturated heterocycles. The summed E-state index contributed by atoms with van der Waals surface area (Å²) in [6.45, 7) is 3.87. The van der Waals surface area contributed by atoms with Crippen LogP contribution in [0.15, 0.2) is 10.9 Å². The predicted octanol–water partition coefficient (Wildman–Crippen LogP) is 0.149. The molecule has 5 heteroatoms. The minimum Gasteiger partial charge on any atom is -0.494 e. The SMILES string of the molecule is CCNC(=O)c1c(C)cc(=O)n(C)c1O. The summed E-state index contributed by atoms with van der Waals surface area (Å²) < 4.78 is 1.04. The van der Waals surface area contributed by atoms with Crippen molar-refractivity contribution in [1.29, 1.82) is 0 Å². The van der Waals surface area contributed by atoms with Crippen molar-refractivity contribution in [2.45, 2.75) is 13.8 Å². The molecule has 1 aromatic rings. The van der Waals surface area contributed by atoms with Crippen molar-refractivity contribution >= 4 is 5.91 Å². The Bertz CT molecular complexity index is 449. The molecule has 1 heterocycles. The molecule has 0 aliphatic heterocycles. The zero-order valence-electron chi connectivity index (χ0n) is 9.00. The molecule has 0 unspecified atom stereocenters. The number of carbonyl (C=O) groups excluding carboxylic acids is 1. The third-order valence-corrected chi connectivity index (χ3v) is 2.17. The van der Waals surface area contributed by atoms with Crippen molar-refractivity contribution < 1.29 is 9.90 Å². The number of carbonyl (C=O) groups is 1. The Morgan fingerprint density at radius 2 is 2.20 bits per heavy atom. The van der Waals surface area contributed by atoms with Crippen LogP contribution < -0.4 is 10.9 Å². The number of nitrogens with zero attached hydrogens (tertiary/aromatic N) is 1. The molecule has 5 nitrogen and oxygen atoms in total. The highest BCUT2D eigenvalue weighted by Gasteiger charge is 2.16. The average molecular weight is 210 g/mol. The Balaban J connectivity index is 3.36. The molecule has 15 heavy (non-hydrogen) atoms. The van der Waals surface area contributed by atoms with Crippen LogP contribution in [-0.2, 0) is 7.05 Å². The van der Waals surface area contributed by atoms with Crippen LogP contribution in [0.5, 0.6) is 5.88 Å². The first-order valence-corrected chi connectivity index (χ1v) is 4.66. The Kier molecular flexibility index (Phi) is 3.14. The fraction of sp³-hybridized carbons (Fsp3) is 0.400. The van der Waals surface area contributed by atoms with Crippen LogP contribution in [0.4, 0.5) is 0 Å². The largest absolute Gasteiger partial charge is 0.494 e. The summed E-state index contributed by atoms with van der Waals surface area (Å²) in [5.74, 6) is -0.672. The lowest BCUT2D eigenvalue weighted by atomic mass is 10.1. The van der Waals surface area contributed by atoms with Crippen molar-refractivity contribution in [2.75, 3.05) is 6.54 Å². The van der Waals surface area contributed by atoms with Gasteiger partial charge in [0.2, 0.25) is 5.88 Å². The molecule has 0 bridgehead atoms. The van der Waals surface area contributed by atoms with Crippen molar-refractivity contribution in [2.24, 2.45) is 7.05 Å². The predicted molar refractivity (Wildman–Crippen MR) is 56.1 cm³/mol. The van der Waals surface area contributed by atoms with E-state index in [9.17, 15) is 14.7 Å². The van der Waals surface area contributed by atoms with Gasteiger partial charge in [-0.1, -0.05) is 0 Å². The molecule has 82 valence electrons. The van der Waals surface area contributed by atoms with Crippen molar-refractivity contribution in [3.8, 4) is 5.88 Å². The highest BCUT2D eigenvalue weighted by atomic mass is 16.3. The molecule has 0 fully saturated rings. The maximum absolute atomic E-state index is 11.6. The summed E-state index contributed by atoms with van der Waals surface area (Å²) in [5, 5.41) is 12.2. The summed E-state index contributed by atoms with van der Waals surface area (Å²) in [6, 6.07) is 1.32. The first-order chi connectivity index (χ1) is 6.99. The Morgan fingerprint density at radius 1 is 1.60 bits per heavy atom. The smallest absolute Gasteiger partial charge is 0.256 e. The van der Waals surface area contributed by atoms with Crippen LogP contribution in [0.3, 0.4) is 0 Å². The van der Waals surface area contributed by atoms with Gasteiger partial charge in [0.25, 0.3) is 11.5 Å². The van der Waals surface area contributed by atoms with Gasteiger partial charge in [-0.15, -0.1) is 0 Å². The fourth-order valence-electron chi connectivity index (χ4n) is 1.33. The van der Waals surface area contributed by atoms with E-state index in [4.69, 9.17) is 0 Å². The normalized spacial score (nSPS) is 10.1. The van der Waals surface area contributed by atoms with E-state index in [0.717, 1.165) is 4.57 Å². The van der Waals surface area contributed by atoms with E-state index < -0.39 is 0 Å². The molecular weight excluding hydrogens is 196 g/mol. The average Bonchev–Trinajstić information content (AvgIpc) is 2.15. The monoisotopic (exact) mass is 210 g/mol. The maximum atomic E-state index is 11.6. The van der Waals surface area contributed by atoms with Gasteiger partial charge in [0.1, 0.15) is 5.56 Å². The molecule has 0 aliphatic rings. The van der Waals surface area contributed by atoms with Crippen LogP contribution in [0.2, 0.25) is 0 Å². The zero-order chi connectivity index (χ0) is 11.6. The van der Waals surface area contributed by atoms with Gasteiger partial charge in [-0.3, -0.25) is 14.2 Å². The third-order valence-electron chi connectivity index (χ3n) is 2.17. The van der Waals surface area contributed by atoms with Gasteiger partial charge in [0.15, 0.2) is 0 Å². The van der Waals surface area contributed by atoms with Crippen molar-refractivity contribution in [3.63, 3.8) is 0 Å². The lowest BCUT2D eigenvalue weighted by Crippen LogP contribution is -2.27. The summed E-state index contributed by atoms with van der Waals surface area (Å²) in [5.41, 5.74) is 0.290. The van der Waals surface area contributed by atoms with E-state index in [1.165, 1.54) is 13.1 Å². The summed E-state index contributed by atoms with van der Waals surface area (Å²) in [6.07, 6.45) is 0. The standard InChI is InChI=1S/C10H14N2O3/c1-4-11-9(14)8-6(2)5-7(13)12(3)10(8)15/h5,15H,4H2,1-3H3,(H,11,14). The Morgan fingerprint density at radius 3 is 2.73 bits per heavy atom. The number of nitrogens with one attached hydrogen (secondary N) is 1.